The van der Waals surface area contributed by atoms with Crippen molar-refractivity contribution in [3.05, 3.63) is 11.6 Å². The van der Waals surface area contributed by atoms with Gasteiger partial charge >= 0.3 is 5.97 Å². The molecule has 5 nitrogen and oxygen atoms in total. The molecule has 2 rings (SSSR count). The van der Waals surface area contributed by atoms with E-state index in [-0.39, 0.29) is 12.1 Å². The summed E-state index contributed by atoms with van der Waals surface area (Å²) in [6.45, 7) is 3.46. The van der Waals surface area contributed by atoms with Gasteiger partial charge in [0.25, 0.3) is 0 Å². The van der Waals surface area contributed by atoms with Gasteiger partial charge in [0.05, 0.1) is 12.1 Å². The first-order chi connectivity index (χ1) is 8.45. The quantitative estimate of drug-likeness (QED) is 0.539. The zero-order chi connectivity index (χ0) is 13.4. The van der Waals surface area contributed by atoms with Crippen molar-refractivity contribution < 1.29 is 19.7 Å². The number of allylic oxidation sites excluding steroid dienone is 1. The van der Waals surface area contributed by atoms with E-state index in [2.05, 4.69) is 0 Å². The Morgan fingerprint density at radius 2 is 1.94 bits per heavy atom. The lowest BCUT2D eigenvalue weighted by Crippen LogP contribution is -2.45. The number of carbonyl (C=O) groups excluding carboxylic acids is 1. The number of piperidine rings is 1. The largest absolute Gasteiger partial charge is 0.455 e. The van der Waals surface area contributed by atoms with Crippen LogP contribution < -0.4 is 0 Å². The predicted molar refractivity (Wildman–Crippen MR) is 65.9 cm³/mol. The summed E-state index contributed by atoms with van der Waals surface area (Å²) < 4.78 is 5.40. The molecule has 18 heavy (non-hydrogen) atoms. The number of rotatable bonds is 2. The van der Waals surface area contributed by atoms with Crippen LogP contribution >= 0.6 is 0 Å². The Morgan fingerprint density at radius 1 is 1.33 bits per heavy atom. The molecule has 102 valence electrons. The number of ether oxygens (including phenoxy) is 1. The number of carbonyl (C=O) groups is 1. The highest BCUT2D eigenvalue weighted by Crippen LogP contribution is 2.36. The number of hydrogen-bond acceptors (Lipinski definition) is 5. The van der Waals surface area contributed by atoms with Crippen molar-refractivity contribution >= 4 is 5.97 Å². The number of esters is 1. The summed E-state index contributed by atoms with van der Waals surface area (Å²) >= 11 is 0. The van der Waals surface area contributed by atoms with Gasteiger partial charge in [0.1, 0.15) is 12.2 Å². The van der Waals surface area contributed by atoms with Gasteiger partial charge in [0.15, 0.2) is 0 Å². The molecule has 5 heteroatoms. The maximum absolute atomic E-state index is 11.8. The fourth-order valence-corrected chi connectivity index (χ4v) is 2.91. The number of likely N-dealkylation sites (N-methyl/N-ethyl adjacent to an activating group) is 1. The SMILES string of the molecule is C/C=C(/C)C(=O)O[C@H]1[C@H](O)[C@@H]2C[C@@H](O)C[C@H]1N2C. The molecule has 0 aromatic rings. The van der Waals surface area contributed by atoms with Crippen molar-refractivity contribution in [3.8, 4) is 0 Å². The molecule has 0 spiro atoms. The minimum Gasteiger partial charge on any atom is -0.455 e. The van der Waals surface area contributed by atoms with Crippen LogP contribution in [-0.4, -0.2) is 58.5 Å². The van der Waals surface area contributed by atoms with Crippen molar-refractivity contribution in [1.82, 2.24) is 4.90 Å². The van der Waals surface area contributed by atoms with Gasteiger partial charge in [0.2, 0.25) is 0 Å². The molecule has 0 aromatic heterocycles. The van der Waals surface area contributed by atoms with Crippen molar-refractivity contribution in [2.24, 2.45) is 0 Å². The number of aliphatic hydroxyl groups is 2. The highest BCUT2D eigenvalue weighted by atomic mass is 16.6. The van der Waals surface area contributed by atoms with Crippen LogP contribution in [0.2, 0.25) is 0 Å². The molecule has 0 radical (unpaired) electrons. The number of aliphatic hydroxyl groups excluding tert-OH is 2. The molecular weight excluding hydrogens is 234 g/mol. The molecule has 2 aliphatic rings. The Bertz CT molecular complexity index is 368. The van der Waals surface area contributed by atoms with E-state index in [1.165, 1.54) is 0 Å². The third-order valence-corrected chi connectivity index (χ3v) is 4.18. The lowest BCUT2D eigenvalue weighted by molar-refractivity contribution is -0.149. The Morgan fingerprint density at radius 3 is 2.56 bits per heavy atom. The molecule has 2 fully saturated rings. The zero-order valence-electron chi connectivity index (χ0n) is 11.0. The summed E-state index contributed by atoms with van der Waals surface area (Å²) in [5.74, 6) is -0.392. The van der Waals surface area contributed by atoms with Crippen LogP contribution in [0.3, 0.4) is 0 Å². The molecule has 0 aromatic carbocycles. The molecule has 0 saturated carbocycles. The van der Waals surface area contributed by atoms with E-state index in [1.54, 1.807) is 19.9 Å². The lowest BCUT2D eigenvalue weighted by atomic mass is 10.0. The van der Waals surface area contributed by atoms with E-state index in [4.69, 9.17) is 4.74 Å². The van der Waals surface area contributed by atoms with Gasteiger partial charge in [-0.2, -0.15) is 0 Å². The Hall–Kier alpha value is -0.910. The minimum atomic E-state index is -0.717. The third kappa shape index (κ3) is 2.18. The molecule has 5 atom stereocenters. The second-order valence-electron chi connectivity index (χ2n) is 5.26. The van der Waals surface area contributed by atoms with Crippen LogP contribution in [0.25, 0.3) is 0 Å². The molecule has 0 unspecified atom stereocenters. The zero-order valence-corrected chi connectivity index (χ0v) is 11.0. The Labute approximate surface area is 107 Å². The number of fused-ring (bicyclic) bond motifs is 2. The minimum absolute atomic E-state index is 0.0950. The highest BCUT2D eigenvalue weighted by molar-refractivity contribution is 5.87. The standard InChI is InChI=1S/C13H21NO4/c1-4-7(2)13(17)18-12-10-6-8(15)5-9(11(12)16)14(10)3/h4,8-12,15-16H,5-6H2,1-3H3/b7-4-/t8-,9+,10-,11-,12-/m1/s1. The van der Waals surface area contributed by atoms with Gasteiger partial charge in [-0.3, -0.25) is 4.90 Å². The van der Waals surface area contributed by atoms with Gasteiger partial charge in [-0.1, -0.05) is 6.08 Å². The second kappa shape index (κ2) is 4.99. The number of nitrogens with zero attached hydrogens (tertiary/aromatic N) is 1. The van der Waals surface area contributed by atoms with Gasteiger partial charge in [-0.25, -0.2) is 4.79 Å². The fraction of sp³-hybridized carbons (Fsp3) is 0.769. The molecule has 2 heterocycles. The molecule has 0 aliphatic carbocycles. The monoisotopic (exact) mass is 255 g/mol. The summed E-state index contributed by atoms with van der Waals surface area (Å²) in [6, 6.07) is -0.218. The van der Waals surface area contributed by atoms with Crippen molar-refractivity contribution in [2.75, 3.05) is 7.05 Å². The van der Waals surface area contributed by atoms with Crippen LogP contribution in [0.15, 0.2) is 11.6 Å². The van der Waals surface area contributed by atoms with Crippen molar-refractivity contribution in [1.29, 1.82) is 0 Å². The number of hydrogen-bond donors (Lipinski definition) is 2. The molecule has 2 aliphatic heterocycles. The van der Waals surface area contributed by atoms with Crippen LogP contribution in [0, 0.1) is 0 Å². The first kappa shape index (κ1) is 13.5. The van der Waals surface area contributed by atoms with E-state index < -0.39 is 24.3 Å². The maximum atomic E-state index is 11.8. The van der Waals surface area contributed by atoms with E-state index in [9.17, 15) is 15.0 Å². The summed E-state index contributed by atoms with van der Waals surface area (Å²) in [5.41, 5.74) is 0.534. The van der Waals surface area contributed by atoms with Gasteiger partial charge in [0, 0.05) is 11.6 Å². The van der Waals surface area contributed by atoms with Crippen LogP contribution in [-0.2, 0) is 9.53 Å². The van der Waals surface area contributed by atoms with Gasteiger partial charge in [-0.05, 0) is 33.7 Å². The Balaban J connectivity index is 2.12. The van der Waals surface area contributed by atoms with E-state index in [0.29, 0.717) is 18.4 Å². The average molecular weight is 255 g/mol. The molecule has 2 saturated heterocycles. The van der Waals surface area contributed by atoms with Crippen molar-refractivity contribution in [3.63, 3.8) is 0 Å². The highest BCUT2D eigenvalue weighted by Gasteiger charge is 2.52. The smallest absolute Gasteiger partial charge is 0.333 e. The molecular formula is C13H21NO4. The van der Waals surface area contributed by atoms with E-state index >= 15 is 0 Å². The normalized spacial score (nSPS) is 40.9. The van der Waals surface area contributed by atoms with E-state index in [0.717, 1.165) is 0 Å². The van der Waals surface area contributed by atoms with Crippen molar-refractivity contribution in [2.45, 2.75) is 57.1 Å². The first-order valence-electron chi connectivity index (χ1n) is 6.37. The van der Waals surface area contributed by atoms with E-state index in [1.807, 2.05) is 11.9 Å². The third-order valence-electron chi connectivity index (χ3n) is 4.18. The maximum Gasteiger partial charge on any atom is 0.333 e. The van der Waals surface area contributed by atoms with Crippen LogP contribution in [0.5, 0.6) is 0 Å². The molecule has 2 bridgehead atoms. The first-order valence-corrected chi connectivity index (χ1v) is 6.37. The summed E-state index contributed by atoms with van der Waals surface area (Å²) in [4.78, 5) is 13.8. The van der Waals surface area contributed by atoms with Crippen LogP contribution in [0.1, 0.15) is 26.7 Å². The topological polar surface area (TPSA) is 70.0 Å². The van der Waals surface area contributed by atoms with Crippen LogP contribution in [0.4, 0.5) is 0 Å². The molecule has 0 amide bonds. The van der Waals surface area contributed by atoms with Gasteiger partial charge in [-0.15, -0.1) is 0 Å². The fourth-order valence-electron chi connectivity index (χ4n) is 2.91. The summed E-state index contributed by atoms with van der Waals surface area (Å²) in [7, 11) is 1.90. The summed E-state index contributed by atoms with van der Waals surface area (Å²) in [5, 5.41) is 19.9. The second-order valence-corrected chi connectivity index (χ2v) is 5.26. The predicted octanol–water partition coefficient (Wildman–Crippen LogP) is 0.0626. The molecule has 2 N–H and O–H groups in total. The van der Waals surface area contributed by atoms with Gasteiger partial charge < -0.3 is 14.9 Å². The lowest BCUT2D eigenvalue weighted by Gasteiger charge is -2.34. The summed E-state index contributed by atoms with van der Waals surface area (Å²) in [6.07, 6.45) is 1.08. The average Bonchev–Trinajstić information content (AvgIpc) is 2.49. The Kier molecular flexibility index (Phi) is 3.75.